The summed E-state index contributed by atoms with van der Waals surface area (Å²) >= 11 is 0. The molecule has 6 heteroatoms. The number of piperazine rings is 2. The highest BCUT2D eigenvalue weighted by Gasteiger charge is 2.48. The number of nitrogens with zero attached hydrogens (tertiary/aromatic N) is 4. The van der Waals surface area contributed by atoms with Crippen LogP contribution in [0.1, 0.15) is 24.8 Å². The molecule has 3 fully saturated rings. The summed E-state index contributed by atoms with van der Waals surface area (Å²) in [6.45, 7) is 3.57. The summed E-state index contributed by atoms with van der Waals surface area (Å²) in [5, 5.41) is 1.16. The monoisotopic (exact) mass is 364 g/mol. The number of piperidine rings is 1. The fourth-order valence-corrected chi connectivity index (χ4v) is 4.84. The highest BCUT2D eigenvalue weighted by Crippen LogP contribution is 2.29. The number of hydrogen-bond donors (Lipinski definition) is 0. The molecule has 6 nitrogen and oxygen atoms in total. The van der Waals surface area contributed by atoms with Gasteiger partial charge in [-0.05, 0) is 37.0 Å². The summed E-state index contributed by atoms with van der Waals surface area (Å²) in [5.41, 5.74) is 2.22. The van der Waals surface area contributed by atoms with Crippen molar-refractivity contribution in [3.8, 4) is 0 Å². The maximum Gasteiger partial charge on any atom is 0.247 e. The Morgan fingerprint density at radius 3 is 2.70 bits per heavy atom. The van der Waals surface area contributed by atoms with Crippen LogP contribution in [0.25, 0.3) is 10.9 Å². The van der Waals surface area contributed by atoms with Gasteiger partial charge >= 0.3 is 0 Å². The number of pyridine rings is 1. The Kier molecular flexibility index (Phi) is 4.08. The molecular weight excluding hydrogens is 340 g/mol. The van der Waals surface area contributed by atoms with E-state index in [0.717, 1.165) is 49.8 Å². The van der Waals surface area contributed by atoms with Crippen molar-refractivity contribution in [2.24, 2.45) is 0 Å². The van der Waals surface area contributed by atoms with Crippen molar-refractivity contribution in [2.75, 3.05) is 26.2 Å². The molecule has 3 saturated heterocycles. The molecule has 2 aromatic rings. The van der Waals surface area contributed by atoms with Crippen molar-refractivity contribution in [1.82, 2.24) is 19.7 Å². The number of fused-ring (bicyclic) bond motifs is 3. The predicted octanol–water partition coefficient (Wildman–Crippen LogP) is 1.64. The average Bonchev–Trinajstić information content (AvgIpc) is 2.72. The highest BCUT2D eigenvalue weighted by atomic mass is 16.2. The Bertz CT molecular complexity index is 893. The van der Waals surface area contributed by atoms with Crippen LogP contribution >= 0.6 is 0 Å². The lowest BCUT2D eigenvalue weighted by Crippen LogP contribution is -2.70. The molecular formula is C21H24N4O2. The van der Waals surface area contributed by atoms with E-state index in [1.54, 1.807) is 0 Å². The lowest BCUT2D eigenvalue weighted by molar-refractivity contribution is -0.167. The van der Waals surface area contributed by atoms with Crippen LogP contribution in [-0.2, 0) is 16.1 Å². The Balaban J connectivity index is 1.37. The minimum absolute atomic E-state index is 0.142. The van der Waals surface area contributed by atoms with E-state index < -0.39 is 0 Å². The molecule has 3 aliphatic heterocycles. The van der Waals surface area contributed by atoms with Gasteiger partial charge in [-0.3, -0.25) is 19.5 Å². The second kappa shape index (κ2) is 6.60. The molecule has 2 unspecified atom stereocenters. The first-order valence-corrected chi connectivity index (χ1v) is 9.88. The summed E-state index contributed by atoms with van der Waals surface area (Å²) in [6, 6.07) is 9.72. The van der Waals surface area contributed by atoms with E-state index in [-0.39, 0.29) is 23.9 Å². The number of rotatable bonds is 2. The van der Waals surface area contributed by atoms with Gasteiger partial charge in [-0.25, -0.2) is 0 Å². The van der Waals surface area contributed by atoms with Crippen LogP contribution in [0.15, 0.2) is 36.5 Å². The molecule has 2 amide bonds. The molecule has 5 rings (SSSR count). The zero-order valence-electron chi connectivity index (χ0n) is 15.4. The standard InChI is InChI=1S/C21H24N4O2/c26-20-18-8-1-2-10-24(18)21(27)19-14-23(11-12-25(19)20)13-15-5-3-7-17-16(15)6-4-9-22-17/h3-7,9,18-19H,1-2,8,10-14H2. The third-order valence-electron chi connectivity index (χ3n) is 6.23. The van der Waals surface area contributed by atoms with Gasteiger partial charge in [0.05, 0.1) is 5.52 Å². The molecule has 0 N–H and O–H groups in total. The fraction of sp³-hybridized carbons (Fsp3) is 0.476. The topological polar surface area (TPSA) is 56.8 Å². The van der Waals surface area contributed by atoms with Crippen molar-refractivity contribution in [1.29, 1.82) is 0 Å². The third-order valence-corrected chi connectivity index (χ3v) is 6.23. The predicted molar refractivity (Wildman–Crippen MR) is 102 cm³/mol. The van der Waals surface area contributed by atoms with E-state index in [4.69, 9.17) is 0 Å². The van der Waals surface area contributed by atoms with Gasteiger partial charge in [-0.1, -0.05) is 18.2 Å². The average molecular weight is 364 g/mol. The van der Waals surface area contributed by atoms with Crippen molar-refractivity contribution < 1.29 is 9.59 Å². The third kappa shape index (κ3) is 2.79. The normalized spacial score (nSPS) is 26.2. The molecule has 0 aliphatic carbocycles. The Hall–Kier alpha value is -2.47. The first-order chi connectivity index (χ1) is 13.2. The second-order valence-corrected chi connectivity index (χ2v) is 7.81. The molecule has 1 aromatic carbocycles. The smallest absolute Gasteiger partial charge is 0.247 e. The van der Waals surface area contributed by atoms with Crippen LogP contribution in [0.5, 0.6) is 0 Å². The first kappa shape index (κ1) is 16.7. The lowest BCUT2D eigenvalue weighted by Gasteiger charge is -2.50. The summed E-state index contributed by atoms with van der Waals surface area (Å²) in [5.74, 6) is 0.303. The number of aromatic nitrogens is 1. The van der Waals surface area contributed by atoms with Gasteiger partial charge in [0.25, 0.3) is 0 Å². The van der Waals surface area contributed by atoms with Crippen LogP contribution in [0, 0.1) is 0 Å². The summed E-state index contributed by atoms with van der Waals surface area (Å²) < 4.78 is 0. The van der Waals surface area contributed by atoms with Crippen molar-refractivity contribution in [3.05, 3.63) is 42.1 Å². The highest BCUT2D eigenvalue weighted by molar-refractivity contribution is 5.97. The van der Waals surface area contributed by atoms with E-state index in [1.165, 1.54) is 5.56 Å². The van der Waals surface area contributed by atoms with Gasteiger partial charge in [-0.2, -0.15) is 0 Å². The van der Waals surface area contributed by atoms with Crippen molar-refractivity contribution >= 4 is 22.7 Å². The number of amides is 2. The van der Waals surface area contributed by atoms with Crippen molar-refractivity contribution in [2.45, 2.75) is 37.9 Å². The van der Waals surface area contributed by atoms with Crippen LogP contribution in [0.3, 0.4) is 0 Å². The van der Waals surface area contributed by atoms with E-state index in [0.29, 0.717) is 13.1 Å². The fourth-order valence-electron chi connectivity index (χ4n) is 4.84. The zero-order valence-corrected chi connectivity index (χ0v) is 15.4. The first-order valence-electron chi connectivity index (χ1n) is 9.88. The van der Waals surface area contributed by atoms with Crippen LogP contribution in [0.2, 0.25) is 0 Å². The molecule has 0 saturated carbocycles. The maximum atomic E-state index is 13.0. The summed E-state index contributed by atoms with van der Waals surface area (Å²) in [7, 11) is 0. The van der Waals surface area contributed by atoms with Gasteiger partial charge < -0.3 is 9.80 Å². The van der Waals surface area contributed by atoms with Crippen LogP contribution in [-0.4, -0.2) is 69.8 Å². The number of carbonyl (C=O) groups is 2. The van der Waals surface area contributed by atoms with Gasteiger partial charge in [0.1, 0.15) is 12.1 Å². The van der Waals surface area contributed by atoms with Crippen LogP contribution in [0.4, 0.5) is 0 Å². The second-order valence-electron chi connectivity index (χ2n) is 7.81. The molecule has 0 spiro atoms. The summed E-state index contributed by atoms with van der Waals surface area (Å²) in [4.78, 5) is 36.4. The molecule has 27 heavy (non-hydrogen) atoms. The quantitative estimate of drug-likeness (QED) is 0.813. The van der Waals surface area contributed by atoms with E-state index in [9.17, 15) is 9.59 Å². The van der Waals surface area contributed by atoms with Gasteiger partial charge in [-0.15, -0.1) is 0 Å². The van der Waals surface area contributed by atoms with E-state index in [1.807, 2.05) is 34.2 Å². The van der Waals surface area contributed by atoms with E-state index in [2.05, 4.69) is 22.0 Å². The Labute approximate surface area is 158 Å². The minimum atomic E-state index is -0.325. The number of carbonyl (C=O) groups excluding carboxylic acids is 2. The maximum absolute atomic E-state index is 13.0. The zero-order chi connectivity index (χ0) is 18.4. The molecule has 2 atom stereocenters. The summed E-state index contributed by atoms with van der Waals surface area (Å²) in [6.07, 6.45) is 4.68. The van der Waals surface area contributed by atoms with Crippen LogP contribution < -0.4 is 0 Å². The molecule has 0 radical (unpaired) electrons. The molecule has 0 bridgehead atoms. The number of hydrogen-bond acceptors (Lipinski definition) is 4. The Morgan fingerprint density at radius 1 is 0.926 bits per heavy atom. The molecule has 1 aromatic heterocycles. The lowest BCUT2D eigenvalue weighted by atomic mass is 9.94. The van der Waals surface area contributed by atoms with Gasteiger partial charge in [0, 0.05) is 44.3 Å². The number of benzene rings is 1. The molecule has 4 heterocycles. The van der Waals surface area contributed by atoms with Crippen molar-refractivity contribution in [3.63, 3.8) is 0 Å². The molecule has 140 valence electrons. The van der Waals surface area contributed by atoms with Gasteiger partial charge in [0.15, 0.2) is 0 Å². The largest absolute Gasteiger partial charge is 0.329 e. The van der Waals surface area contributed by atoms with E-state index >= 15 is 0 Å². The molecule has 3 aliphatic rings. The Morgan fingerprint density at radius 2 is 1.78 bits per heavy atom. The minimum Gasteiger partial charge on any atom is -0.329 e. The van der Waals surface area contributed by atoms with Gasteiger partial charge in [0.2, 0.25) is 11.8 Å². The SMILES string of the molecule is O=C1C2CN(Cc3cccc4ncccc34)CCN2C(=O)C2CCCCN12.